The Hall–Kier alpha value is -3.44. The number of nitrogens with zero attached hydrogens (tertiary/aromatic N) is 2. The van der Waals surface area contributed by atoms with Crippen LogP contribution in [0, 0.1) is 6.92 Å². The van der Waals surface area contributed by atoms with E-state index in [-0.39, 0.29) is 17.7 Å². The van der Waals surface area contributed by atoms with Crippen molar-refractivity contribution in [1.29, 1.82) is 0 Å². The van der Waals surface area contributed by atoms with E-state index in [9.17, 15) is 10.2 Å². The SMILES string of the molecule is CCOC(c1ccccc1N1CCCCCC1)n1c(-c2ccc(O)cc2)c(C)c2cc(O)ccc21. The smallest absolute Gasteiger partial charge is 0.162 e. The molecule has 5 heteroatoms. The Bertz CT molecular complexity index is 1300. The molecule has 1 fully saturated rings. The molecule has 1 aliphatic rings. The van der Waals surface area contributed by atoms with Gasteiger partial charge >= 0.3 is 0 Å². The summed E-state index contributed by atoms with van der Waals surface area (Å²) in [5.74, 6) is 0.479. The van der Waals surface area contributed by atoms with Crippen molar-refractivity contribution in [3.8, 4) is 22.8 Å². The number of aryl methyl sites for hydroxylation is 1. The lowest BCUT2D eigenvalue weighted by Gasteiger charge is -2.30. The second kappa shape index (κ2) is 10.0. The number of aromatic hydroxyl groups is 2. The Morgan fingerprint density at radius 3 is 2.26 bits per heavy atom. The highest BCUT2D eigenvalue weighted by atomic mass is 16.5. The highest BCUT2D eigenvalue weighted by molar-refractivity contribution is 5.93. The third-order valence-electron chi connectivity index (χ3n) is 7.09. The van der Waals surface area contributed by atoms with Crippen LogP contribution in [0.2, 0.25) is 0 Å². The Balaban J connectivity index is 1.75. The largest absolute Gasteiger partial charge is 0.508 e. The predicted octanol–water partition coefficient (Wildman–Crippen LogP) is 6.99. The number of anilines is 1. The Morgan fingerprint density at radius 2 is 1.54 bits per heavy atom. The van der Waals surface area contributed by atoms with Crippen LogP contribution in [0.3, 0.4) is 0 Å². The molecule has 0 saturated carbocycles. The number of fused-ring (bicyclic) bond motifs is 1. The second-order valence-corrected chi connectivity index (χ2v) is 9.36. The zero-order chi connectivity index (χ0) is 24.4. The van der Waals surface area contributed by atoms with Crippen LogP contribution in [0.5, 0.6) is 11.5 Å². The average molecular weight is 471 g/mol. The van der Waals surface area contributed by atoms with Crippen LogP contribution in [0.25, 0.3) is 22.2 Å². The molecule has 1 aromatic heterocycles. The molecule has 0 amide bonds. The first-order valence-corrected chi connectivity index (χ1v) is 12.7. The fourth-order valence-corrected chi connectivity index (χ4v) is 5.44. The fraction of sp³-hybridized carbons (Fsp3) is 0.333. The number of ether oxygens (including phenoxy) is 1. The molecule has 2 N–H and O–H groups in total. The molecular formula is C30H34N2O3. The summed E-state index contributed by atoms with van der Waals surface area (Å²) in [4.78, 5) is 2.51. The summed E-state index contributed by atoms with van der Waals surface area (Å²) in [7, 11) is 0. The van der Waals surface area contributed by atoms with Crippen LogP contribution >= 0.6 is 0 Å². The summed E-state index contributed by atoms with van der Waals surface area (Å²) in [5.41, 5.74) is 6.46. The minimum absolute atomic E-state index is 0.236. The molecule has 0 radical (unpaired) electrons. The van der Waals surface area contributed by atoms with Crippen LogP contribution < -0.4 is 4.90 Å². The molecule has 0 aliphatic carbocycles. The minimum atomic E-state index is -0.344. The zero-order valence-electron chi connectivity index (χ0n) is 20.6. The molecule has 0 bridgehead atoms. The quantitative estimate of drug-likeness (QED) is 0.319. The Morgan fingerprint density at radius 1 is 0.857 bits per heavy atom. The van der Waals surface area contributed by atoms with Gasteiger partial charge in [0.25, 0.3) is 0 Å². The maximum atomic E-state index is 10.3. The minimum Gasteiger partial charge on any atom is -0.508 e. The third kappa shape index (κ3) is 4.48. The van der Waals surface area contributed by atoms with Crippen LogP contribution in [0.4, 0.5) is 5.69 Å². The monoisotopic (exact) mass is 470 g/mol. The van der Waals surface area contributed by atoms with Crippen molar-refractivity contribution in [3.05, 3.63) is 77.9 Å². The summed E-state index contributed by atoms with van der Waals surface area (Å²) in [6.45, 7) is 6.79. The highest BCUT2D eigenvalue weighted by Gasteiger charge is 2.27. The lowest BCUT2D eigenvalue weighted by atomic mass is 10.1. The molecule has 182 valence electrons. The van der Waals surface area contributed by atoms with Crippen molar-refractivity contribution in [1.82, 2.24) is 4.57 Å². The van der Waals surface area contributed by atoms with Crippen LogP contribution in [0.15, 0.2) is 66.7 Å². The zero-order valence-corrected chi connectivity index (χ0v) is 20.6. The summed E-state index contributed by atoms with van der Waals surface area (Å²) >= 11 is 0. The molecule has 1 saturated heterocycles. The van der Waals surface area contributed by atoms with E-state index in [0.717, 1.165) is 46.4 Å². The van der Waals surface area contributed by atoms with Gasteiger partial charge < -0.3 is 24.4 Å². The molecular weight excluding hydrogens is 436 g/mol. The fourth-order valence-electron chi connectivity index (χ4n) is 5.44. The van der Waals surface area contributed by atoms with E-state index in [0.29, 0.717) is 6.61 Å². The molecule has 2 heterocycles. The van der Waals surface area contributed by atoms with Gasteiger partial charge in [-0.25, -0.2) is 0 Å². The Labute approximate surface area is 207 Å². The van der Waals surface area contributed by atoms with E-state index in [4.69, 9.17) is 4.74 Å². The summed E-state index contributed by atoms with van der Waals surface area (Å²) in [6, 6.07) is 21.5. The van der Waals surface area contributed by atoms with Gasteiger partial charge in [0.1, 0.15) is 11.5 Å². The average Bonchev–Trinajstić information content (AvgIpc) is 3.02. The number of phenols is 2. The number of rotatable bonds is 6. The maximum absolute atomic E-state index is 10.3. The molecule has 5 rings (SSSR count). The molecule has 4 aromatic rings. The van der Waals surface area contributed by atoms with Gasteiger partial charge in [-0.05, 0) is 86.3 Å². The van der Waals surface area contributed by atoms with Crippen molar-refractivity contribution >= 4 is 16.6 Å². The van der Waals surface area contributed by atoms with Gasteiger partial charge in [-0.15, -0.1) is 0 Å². The van der Waals surface area contributed by atoms with Crippen molar-refractivity contribution in [2.75, 3.05) is 24.6 Å². The van der Waals surface area contributed by atoms with Crippen molar-refractivity contribution in [3.63, 3.8) is 0 Å². The first-order chi connectivity index (χ1) is 17.1. The lowest BCUT2D eigenvalue weighted by molar-refractivity contribution is 0.0455. The lowest BCUT2D eigenvalue weighted by Crippen LogP contribution is -2.27. The van der Waals surface area contributed by atoms with E-state index >= 15 is 0 Å². The van der Waals surface area contributed by atoms with Gasteiger partial charge in [-0.2, -0.15) is 0 Å². The summed E-state index contributed by atoms with van der Waals surface area (Å²) in [6.07, 6.45) is 4.63. The normalized spacial score (nSPS) is 15.3. The van der Waals surface area contributed by atoms with Crippen molar-refractivity contribution in [2.45, 2.75) is 45.8 Å². The molecule has 0 spiro atoms. The van der Waals surface area contributed by atoms with Crippen LogP contribution in [0.1, 0.15) is 50.0 Å². The summed E-state index contributed by atoms with van der Waals surface area (Å²) in [5, 5.41) is 21.2. The van der Waals surface area contributed by atoms with E-state index in [1.165, 1.54) is 31.4 Å². The van der Waals surface area contributed by atoms with Gasteiger partial charge in [-0.1, -0.05) is 31.0 Å². The maximum Gasteiger partial charge on any atom is 0.162 e. The second-order valence-electron chi connectivity index (χ2n) is 9.36. The number of phenolic OH excluding ortho intramolecular Hbond substituents is 2. The van der Waals surface area contributed by atoms with E-state index < -0.39 is 0 Å². The van der Waals surface area contributed by atoms with Crippen LogP contribution in [-0.2, 0) is 4.74 Å². The first kappa shape index (κ1) is 23.3. The molecule has 1 atom stereocenters. The molecule has 5 nitrogen and oxygen atoms in total. The van der Waals surface area contributed by atoms with Crippen molar-refractivity contribution < 1.29 is 14.9 Å². The van der Waals surface area contributed by atoms with Crippen LogP contribution in [-0.4, -0.2) is 34.5 Å². The highest BCUT2D eigenvalue weighted by Crippen LogP contribution is 2.42. The number of benzene rings is 3. The molecule has 35 heavy (non-hydrogen) atoms. The van der Waals surface area contributed by atoms with Gasteiger partial charge in [-0.3, -0.25) is 0 Å². The molecule has 1 unspecified atom stereocenters. The summed E-state index contributed by atoms with van der Waals surface area (Å²) < 4.78 is 8.80. The third-order valence-corrected chi connectivity index (χ3v) is 7.09. The number of para-hydroxylation sites is 1. The van der Waals surface area contributed by atoms with E-state index in [2.05, 4.69) is 40.7 Å². The van der Waals surface area contributed by atoms with Gasteiger partial charge in [0.05, 0.1) is 11.2 Å². The predicted molar refractivity (Wildman–Crippen MR) is 142 cm³/mol. The number of aromatic nitrogens is 1. The van der Waals surface area contributed by atoms with Crippen molar-refractivity contribution in [2.24, 2.45) is 0 Å². The van der Waals surface area contributed by atoms with E-state index in [1.54, 1.807) is 18.2 Å². The van der Waals surface area contributed by atoms with Gasteiger partial charge in [0.2, 0.25) is 0 Å². The van der Waals surface area contributed by atoms with E-state index in [1.807, 2.05) is 31.2 Å². The first-order valence-electron chi connectivity index (χ1n) is 12.7. The molecule has 3 aromatic carbocycles. The standard InChI is InChI=1S/C30H34N2O3/c1-3-35-30(25-10-6-7-11-27(25)31-18-8-4-5-9-19-31)32-28-17-16-24(34)20-26(28)21(2)29(32)22-12-14-23(33)15-13-22/h6-7,10-17,20,30,33-34H,3-5,8-9,18-19H2,1-2H3. The Kier molecular flexibility index (Phi) is 6.69. The van der Waals surface area contributed by atoms with Gasteiger partial charge in [0.15, 0.2) is 6.23 Å². The number of hydrogen-bond acceptors (Lipinski definition) is 4. The van der Waals surface area contributed by atoms with Gasteiger partial charge in [0, 0.05) is 36.3 Å². The topological polar surface area (TPSA) is 57.9 Å². The molecule has 1 aliphatic heterocycles. The number of hydrogen-bond donors (Lipinski definition) is 2.